The number of carbonyl (C=O) groups excluding carboxylic acids is 1. The number of amides is 1. The Bertz CT molecular complexity index is 1220. The predicted octanol–water partition coefficient (Wildman–Crippen LogP) is 5.66. The normalized spacial score (nSPS) is 11.0. The van der Waals surface area contributed by atoms with E-state index in [1.807, 2.05) is 24.4 Å². The number of carbonyl (C=O) groups is 1. The molecule has 0 saturated carbocycles. The van der Waals surface area contributed by atoms with Gasteiger partial charge < -0.3 is 10.3 Å². The second kappa shape index (κ2) is 8.67. The van der Waals surface area contributed by atoms with E-state index < -0.39 is 5.82 Å². The molecule has 0 radical (unpaired) electrons. The summed E-state index contributed by atoms with van der Waals surface area (Å²) in [7, 11) is 0. The second-order valence-electron chi connectivity index (χ2n) is 7.12. The van der Waals surface area contributed by atoms with Gasteiger partial charge >= 0.3 is 0 Å². The molecule has 0 aliphatic heterocycles. The van der Waals surface area contributed by atoms with E-state index in [0.717, 1.165) is 16.5 Å². The van der Waals surface area contributed by atoms with Crippen LogP contribution in [0.4, 0.5) is 8.78 Å². The van der Waals surface area contributed by atoms with Crippen molar-refractivity contribution in [3.63, 3.8) is 0 Å². The lowest BCUT2D eigenvalue weighted by Gasteiger charge is -2.08. The zero-order valence-electron chi connectivity index (χ0n) is 16.0. The minimum atomic E-state index is -0.488. The fourth-order valence-electron chi connectivity index (χ4n) is 3.47. The molecule has 0 bridgehead atoms. The summed E-state index contributed by atoms with van der Waals surface area (Å²) in [5, 5.41) is 4.49. The van der Waals surface area contributed by atoms with E-state index in [-0.39, 0.29) is 23.7 Å². The summed E-state index contributed by atoms with van der Waals surface area (Å²) in [6.07, 6.45) is 2.77. The summed E-state index contributed by atoms with van der Waals surface area (Å²) in [5.41, 5.74) is 3.36. The van der Waals surface area contributed by atoms with Gasteiger partial charge in [-0.1, -0.05) is 29.8 Å². The van der Waals surface area contributed by atoms with Crippen LogP contribution in [0.2, 0.25) is 5.02 Å². The Balaban J connectivity index is 1.38. The van der Waals surface area contributed by atoms with E-state index in [9.17, 15) is 13.6 Å². The average Bonchev–Trinajstić information content (AvgIpc) is 3.11. The Morgan fingerprint density at radius 3 is 2.67 bits per heavy atom. The van der Waals surface area contributed by atoms with Crippen molar-refractivity contribution in [1.82, 2.24) is 10.3 Å². The minimum Gasteiger partial charge on any atom is -0.361 e. The van der Waals surface area contributed by atoms with Crippen molar-refractivity contribution >= 4 is 28.4 Å². The topological polar surface area (TPSA) is 44.9 Å². The molecule has 1 amide bonds. The first-order valence-corrected chi connectivity index (χ1v) is 9.94. The first-order valence-electron chi connectivity index (χ1n) is 9.56. The molecule has 4 rings (SSSR count). The van der Waals surface area contributed by atoms with Gasteiger partial charge in [0.25, 0.3) is 5.91 Å². The monoisotopic (exact) mass is 424 g/mol. The van der Waals surface area contributed by atoms with Crippen LogP contribution >= 0.6 is 11.6 Å². The van der Waals surface area contributed by atoms with Crippen LogP contribution in [0.15, 0.2) is 66.9 Å². The molecule has 0 spiro atoms. The SMILES string of the molecule is O=C(NCCc1c[nH]c2ccc(Cl)cc12)c1ccc(Cc2cccc(F)c2)c(F)c1. The maximum atomic E-state index is 14.5. The van der Waals surface area contributed by atoms with Gasteiger partial charge in [0.05, 0.1) is 0 Å². The minimum absolute atomic E-state index is 0.248. The van der Waals surface area contributed by atoms with Crippen molar-refractivity contribution in [2.24, 2.45) is 0 Å². The molecular formula is C24H19ClF2N2O. The molecular weight excluding hydrogens is 406 g/mol. The number of fused-ring (bicyclic) bond motifs is 1. The predicted molar refractivity (Wildman–Crippen MR) is 115 cm³/mol. The van der Waals surface area contributed by atoms with E-state index in [0.29, 0.717) is 29.1 Å². The number of hydrogen-bond donors (Lipinski definition) is 2. The zero-order chi connectivity index (χ0) is 21.1. The molecule has 6 heteroatoms. The molecule has 4 aromatic rings. The molecule has 0 unspecified atom stereocenters. The van der Waals surface area contributed by atoms with Gasteiger partial charge in [0.15, 0.2) is 0 Å². The molecule has 2 N–H and O–H groups in total. The highest BCUT2D eigenvalue weighted by Crippen LogP contribution is 2.22. The first-order chi connectivity index (χ1) is 14.5. The molecule has 0 aliphatic rings. The van der Waals surface area contributed by atoms with Crippen LogP contribution in [-0.4, -0.2) is 17.4 Å². The number of halogens is 3. The number of benzene rings is 3. The van der Waals surface area contributed by atoms with Gasteiger partial charge in [0.1, 0.15) is 11.6 Å². The van der Waals surface area contributed by atoms with E-state index in [1.54, 1.807) is 24.3 Å². The van der Waals surface area contributed by atoms with Gasteiger partial charge in [0.2, 0.25) is 0 Å². The van der Waals surface area contributed by atoms with Crippen LogP contribution in [0.5, 0.6) is 0 Å². The van der Waals surface area contributed by atoms with Crippen LogP contribution in [0.1, 0.15) is 27.0 Å². The fourth-order valence-corrected chi connectivity index (χ4v) is 3.64. The van der Waals surface area contributed by atoms with Crippen molar-refractivity contribution in [2.45, 2.75) is 12.8 Å². The quantitative estimate of drug-likeness (QED) is 0.412. The van der Waals surface area contributed by atoms with Gasteiger partial charge in [-0.15, -0.1) is 0 Å². The van der Waals surface area contributed by atoms with Gasteiger partial charge in [-0.3, -0.25) is 4.79 Å². The number of rotatable bonds is 6. The van der Waals surface area contributed by atoms with Gasteiger partial charge in [-0.2, -0.15) is 0 Å². The molecule has 0 fully saturated rings. The Kier molecular flexibility index (Phi) is 5.81. The zero-order valence-corrected chi connectivity index (χ0v) is 16.8. The number of aromatic amines is 1. The lowest BCUT2D eigenvalue weighted by molar-refractivity contribution is 0.0953. The third-order valence-corrected chi connectivity index (χ3v) is 5.24. The first kappa shape index (κ1) is 20.1. The summed E-state index contributed by atoms with van der Waals surface area (Å²) in [6, 6.07) is 16.0. The summed E-state index contributed by atoms with van der Waals surface area (Å²) in [4.78, 5) is 15.6. The number of aromatic nitrogens is 1. The van der Waals surface area contributed by atoms with Gasteiger partial charge in [-0.05, 0) is 65.6 Å². The smallest absolute Gasteiger partial charge is 0.251 e. The van der Waals surface area contributed by atoms with E-state index in [4.69, 9.17) is 11.6 Å². The molecule has 1 heterocycles. The van der Waals surface area contributed by atoms with Crippen molar-refractivity contribution in [1.29, 1.82) is 0 Å². The maximum Gasteiger partial charge on any atom is 0.251 e. The molecule has 3 nitrogen and oxygen atoms in total. The largest absolute Gasteiger partial charge is 0.361 e. The van der Waals surface area contributed by atoms with Crippen molar-refractivity contribution in [3.05, 3.63) is 106 Å². The Labute approximate surface area is 177 Å². The lowest BCUT2D eigenvalue weighted by Crippen LogP contribution is -2.25. The highest BCUT2D eigenvalue weighted by molar-refractivity contribution is 6.31. The van der Waals surface area contributed by atoms with Crippen LogP contribution in [0, 0.1) is 11.6 Å². The van der Waals surface area contributed by atoms with Gasteiger partial charge in [-0.25, -0.2) is 8.78 Å². The molecule has 0 aliphatic carbocycles. The maximum absolute atomic E-state index is 14.5. The fraction of sp³-hybridized carbons (Fsp3) is 0.125. The Hall–Kier alpha value is -3.18. The Morgan fingerprint density at radius 2 is 1.87 bits per heavy atom. The van der Waals surface area contributed by atoms with E-state index >= 15 is 0 Å². The Morgan fingerprint density at radius 1 is 1.00 bits per heavy atom. The molecule has 152 valence electrons. The van der Waals surface area contributed by atoms with Crippen molar-refractivity contribution in [3.8, 4) is 0 Å². The van der Waals surface area contributed by atoms with Crippen molar-refractivity contribution < 1.29 is 13.6 Å². The third kappa shape index (κ3) is 4.52. The van der Waals surface area contributed by atoms with Crippen LogP contribution in [0.25, 0.3) is 10.9 Å². The summed E-state index contributed by atoms with van der Waals surface area (Å²) >= 11 is 6.06. The molecule has 1 aromatic heterocycles. The number of hydrogen-bond acceptors (Lipinski definition) is 1. The second-order valence-corrected chi connectivity index (χ2v) is 7.56. The number of nitrogens with one attached hydrogen (secondary N) is 2. The highest BCUT2D eigenvalue weighted by atomic mass is 35.5. The van der Waals surface area contributed by atoms with Crippen molar-refractivity contribution in [2.75, 3.05) is 6.54 Å². The van der Waals surface area contributed by atoms with E-state index in [1.165, 1.54) is 18.2 Å². The summed E-state index contributed by atoms with van der Waals surface area (Å²) in [6.45, 7) is 0.408. The lowest BCUT2D eigenvalue weighted by atomic mass is 10.0. The molecule has 30 heavy (non-hydrogen) atoms. The van der Waals surface area contributed by atoms with Crippen LogP contribution < -0.4 is 5.32 Å². The molecule has 0 saturated heterocycles. The summed E-state index contributed by atoms with van der Waals surface area (Å²) in [5.74, 6) is -1.19. The molecule has 3 aromatic carbocycles. The van der Waals surface area contributed by atoms with Crippen LogP contribution in [-0.2, 0) is 12.8 Å². The average molecular weight is 425 g/mol. The number of H-pyrrole nitrogens is 1. The summed E-state index contributed by atoms with van der Waals surface area (Å²) < 4.78 is 27.8. The highest BCUT2D eigenvalue weighted by Gasteiger charge is 2.11. The van der Waals surface area contributed by atoms with E-state index in [2.05, 4.69) is 10.3 Å². The molecule has 0 atom stereocenters. The van der Waals surface area contributed by atoms with Crippen LogP contribution in [0.3, 0.4) is 0 Å². The third-order valence-electron chi connectivity index (χ3n) is 5.01. The standard InChI is InChI=1S/C24H19ClF2N2O/c25-19-6-7-23-21(13-19)18(14-29-23)8-9-28-24(30)17-5-4-16(22(27)12-17)10-15-2-1-3-20(26)11-15/h1-7,11-14,29H,8-10H2,(H,28,30). The van der Waals surface area contributed by atoms with Gasteiger partial charge in [0, 0.05) is 40.7 Å².